The zero-order valence-electron chi connectivity index (χ0n) is 8.11. The number of hydrogen-bond acceptors (Lipinski definition) is 1. The summed E-state index contributed by atoms with van der Waals surface area (Å²) in [6.07, 6.45) is 5.43. The summed E-state index contributed by atoms with van der Waals surface area (Å²) in [4.78, 5) is 0. The van der Waals surface area contributed by atoms with E-state index >= 15 is 0 Å². The Hall–Kier alpha value is -0.0400. The van der Waals surface area contributed by atoms with Gasteiger partial charge in [0.05, 0.1) is 0 Å². The first-order chi connectivity index (χ1) is 5.02. The molecule has 1 heteroatoms. The Bertz CT molecular complexity index is 140. The Kier molecular flexibility index (Phi) is 2.29. The van der Waals surface area contributed by atoms with E-state index in [0.717, 1.165) is 6.54 Å². The SMILES string of the molecule is CC1(C)CCCCC1(C)CN. The highest BCUT2D eigenvalue weighted by Gasteiger charge is 2.41. The highest BCUT2D eigenvalue weighted by molar-refractivity contribution is 4.93. The Morgan fingerprint density at radius 2 is 1.64 bits per heavy atom. The van der Waals surface area contributed by atoms with Crippen LogP contribution in [0, 0.1) is 10.8 Å². The van der Waals surface area contributed by atoms with Crippen LogP contribution in [-0.2, 0) is 0 Å². The van der Waals surface area contributed by atoms with Gasteiger partial charge in [0.25, 0.3) is 0 Å². The second-order valence-electron chi connectivity index (χ2n) is 4.86. The van der Waals surface area contributed by atoms with Crippen LogP contribution in [0.4, 0.5) is 0 Å². The van der Waals surface area contributed by atoms with Gasteiger partial charge in [0.2, 0.25) is 0 Å². The predicted molar refractivity (Wildman–Crippen MR) is 49.4 cm³/mol. The molecule has 0 aromatic carbocycles. The molecular formula is C10H21N. The molecule has 0 aromatic heterocycles. The first-order valence-corrected chi connectivity index (χ1v) is 4.72. The molecule has 1 aliphatic rings. The molecule has 1 fully saturated rings. The Morgan fingerprint density at radius 3 is 2.00 bits per heavy atom. The molecule has 0 amide bonds. The fourth-order valence-electron chi connectivity index (χ4n) is 2.10. The molecule has 11 heavy (non-hydrogen) atoms. The highest BCUT2D eigenvalue weighted by Crippen LogP contribution is 2.49. The van der Waals surface area contributed by atoms with E-state index in [9.17, 15) is 0 Å². The highest BCUT2D eigenvalue weighted by atomic mass is 14.6. The fraction of sp³-hybridized carbons (Fsp3) is 1.00. The zero-order chi connectivity index (χ0) is 8.54. The van der Waals surface area contributed by atoms with E-state index in [1.165, 1.54) is 25.7 Å². The summed E-state index contributed by atoms with van der Waals surface area (Å²) >= 11 is 0. The van der Waals surface area contributed by atoms with Crippen molar-refractivity contribution in [2.75, 3.05) is 6.54 Å². The van der Waals surface area contributed by atoms with Crippen LogP contribution >= 0.6 is 0 Å². The van der Waals surface area contributed by atoms with Crippen LogP contribution in [-0.4, -0.2) is 6.54 Å². The molecule has 0 spiro atoms. The number of hydrogen-bond donors (Lipinski definition) is 1. The summed E-state index contributed by atoms with van der Waals surface area (Å²) in [6, 6.07) is 0. The van der Waals surface area contributed by atoms with Gasteiger partial charge in [-0.25, -0.2) is 0 Å². The first kappa shape index (κ1) is 9.05. The summed E-state index contributed by atoms with van der Waals surface area (Å²) in [7, 11) is 0. The minimum absolute atomic E-state index is 0.394. The van der Waals surface area contributed by atoms with Crippen LogP contribution < -0.4 is 5.73 Å². The second-order valence-corrected chi connectivity index (χ2v) is 4.86. The van der Waals surface area contributed by atoms with Crippen LogP contribution in [0.1, 0.15) is 46.5 Å². The van der Waals surface area contributed by atoms with Gasteiger partial charge in [-0.15, -0.1) is 0 Å². The molecule has 0 aliphatic heterocycles. The molecule has 1 aliphatic carbocycles. The van der Waals surface area contributed by atoms with Crippen molar-refractivity contribution in [1.82, 2.24) is 0 Å². The minimum atomic E-state index is 0.394. The molecule has 1 atom stereocenters. The molecular weight excluding hydrogens is 134 g/mol. The molecule has 2 N–H and O–H groups in total. The number of rotatable bonds is 1. The quantitative estimate of drug-likeness (QED) is 0.618. The largest absolute Gasteiger partial charge is 0.330 e. The van der Waals surface area contributed by atoms with E-state index in [1.807, 2.05) is 0 Å². The van der Waals surface area contributed by atoms with Crippen molar-refractivity contribution in [2.24, 2.45) is 16.6 Å². The van der Waals surface area contributed by atoms with Crippen molar-refractivity contribution in [3.8, 4) is 0 Å². The normalized spacial score (nSPS) is 37.1. The molecule has 0 heterocycles. The molecule has 1 unspecified atom stereocenters. The predicted octanol–water partition coefficient (Wildman–Crippen LogP) is 2.55. The lowest BCUT2D eigenvalue weighted by molar-refractivity contribution is 0.0419. The van der Waals surface area contributed by atoms with Crippen molar-refractivity contribution >= 4 is 0 Å². The van der Waals surface area contributed by atoms with Gasteiger partial charge < -0.3 is 5.73 Å². The molecule has 66 valence electrons. The van der Waals surface area contributed by atoms with E-state index < -0.39 is 0 Å². The number of nitrogens with two attached hydrogens (primary N) is 1. The molecule has 0 radical (unpaired) electrons. The summed E-state index contributed by atoms with van der Waals surface area (Å²) in [5.41, 5.74) is 6.67. The smallest absolute Gasteiger partial charge is 0.00181 e. The summed E-state index contributed by atoms with van der Waals surface area (Å²) in [6.45, 7) is 7.91. The van der Waals surface area contributed by atoms with Crippen molar-refractivity contribution in [1.29, 1.82) is 0 Å². The van der Waals surface area contributed by atoms with Gasteiger partial charge in [0, 0.05) is 0 Å². The van der Waals surface area contributed by atoms with Gasteiger partial charge >= 0.3 is 0 Å². The lowest BCUT2D eigenvalue weighted by Crippen LogP contribution is -2.43. The second kappa shape index (κ2) is 2.78. The Balaban J connectivity index is 2.74. The van der Waals surface area contributed by atoms with Crippen molar-refractivity contribution < 1.29 is 0 Å². The van der Waals surface area contributed by atoms with Crippen molar-refractivity contribution in [2.45, 2.75) is 46.5 Å². The van der Waals surface area contributed by atoms with Crippen LogP contribution in [0.5, 0.6) is 0 Å². The Labute approximate surface area is 70.4 Å². The maximum atomic E-state index is 5.81. The molecule has 0 aromatic rings. The first-order valence-electron chi connectivity index (χ1n) is 4.72. The van der Waals surface area contributed by atoms with Gasteiger partial charge in [-0.3, -0.25) is 0 Å². The van der Waals surface area contributed by atoms with Gasteiger partial charge in [-0.1, -0.05) is 33.6 Å². The molecule has 0 bridgehead atoms. The fourth-order valence-corrected chi connectivity index (χ4v) is 2.10. The van der Waals surface area contributed by atoms with Crippen LogP contribution in [0.15, 0.2) is 0 Å². The maximum absolute atomic E-state index is 5.81. The lowest BCUT2D eigenvalue weighted by atomic mass is 9.59. The van der Waals surface area contributed by atoms with E-state index in [0.29, 0.717) is 10.8 Å². The zero-order valence-corrected chi connectivity index (χ0v) is 8.11. The minimum Gasteiger partial charge on any atom is -0.330 e. The van der Waals surface area contributed by atoms with Gasteiger partial charge in [-0.2, -0.15) is 0 Å². The molecule has 1 saturated carbocycles. The third kappa shape index (κ3) is 1.44. The standard InChI is InChI=1S/C10H21N/c1-9(2)6-4-5-7-10(9,3)8-11/h4-8,11H2,1-3H3. The summed E-state index contributed by atoms with van der Waals surface area (Å²) in [5, 5.41) is 0. The molecule has 1 nitrogen and oxygen atoms in total. The summed E-state index contributed by atoms with van der Waals surface area (Å²) < 4.78 is 0. The van der Waals surface area contributed by atoms with Crippen LogP contribution in [0.2, 0.25) is 0 Å². The average molecular weight is 155 g/mol. The third-order valence-electron chi connectivity index (χ3n) is 3.86. The molecule has 0 saturated heterocycles. The van der Waals surface area contributed by atoms with Gasteiger partial charge in [0.15, 0.2) is 0 Å². The van der Waals surface area contributed by atoms with Gasteiger partial charge in [0.1, 0.15) is 0 Å². The summed E-state index contributed by atoms with van der Waals surface area (Å²) in [5.74, 6) is 0. The van der Waals surface area contributed by atoms with Crippen LogP contribution in [0.3, 0.4) is 0 Å². The van der Waals surface area contributed by atoms with Crippen molar-refractivity contribution in [3.63, 3.8) is 0 Å². The Morgan fingerprint density at radius 1 is 1.09 bits per heavy atom. The lowest BCUT2D eigenvalue weighted by Gasteiger charge is -2.47. The average Bonchev–Trinajstić information content (AvgIpc) is 1.95. The van der Waals surface area contributed by atoms with E-state index in [-0.39, 0.29) is 0 Å². The van der Waals surface area contributed by atoms with E-state index in [2.05, 4.69) is 20.8 Å². The third-order valence-corrected chi connectivity index (χ3v) is 3.86. The maximum Gasteiger partial charge on any atom is -0.00181 e. The topological polar surface area (TPSA) is 26.0 Å². The van der Waals surface area contributed by atoms with Gasteiger partial charge in [-0.05, 0) is 30.2 Å². The van der Waals surface area contributed by atoms with Crippen LogP contribution in [0.25, 0.3) is 0 Å². The molecule has 1 rings (SSSR count). The van der Waals surface area contributed by atoms with E-state index in [4.69, 9.17) is 5.73 Å². The van der Waals surface area contributed by atoms with Crippen molar-refractivity contribution in [3.05, 3.63) is 0 Å². The monoisotopic (exact) mass is 155 g/mol. The van der Waals surface area contributed by atoms with E-state index in [1.54, 1.807) is 0 Å².